The summed E-state index contributed by atoms with van der Waals surface area (Å²) in [5.74, 6) is -6.49. The predicted octanol–water partition coefficient (Wildman–Crippen LogP) is 16.2. The number of benzene rings is 4. The molecule has 8 heterocycles. The molecule has 30 nitrogen and oxygen atoms in total. The number of ether oxygens (including phenoxy) is 4. The van der Waals surface area contributed by atoms with Crippen molar-refractivity contribution in [2.24, 2.45) is 4.30 Å². The van der Waals surface area contributed by atoms with Crippen LogP contribution in [0.2, 0.25) is 40.2 Å². The topological polar surface area (TPSA) is 418 Å². The van der Waals surface area contributed by atoms with Crippen molar-refractivity contribution in [3.05, 3.63) is 282 Å². The first-order valence-electron chi connectivity index (χ1n) is 38.1. The van der Waals surface area contributed by atoms with Gasteiger partial charge in [0.2, 0.25) is 0 Å². The molecule has 12 rings (SSSR count). The zero-order chi connectivity index (χ0) is 107. The zero-order valence-electron chi connectivity index (χ0n) is 75.2. The number of hydrogen-bond acceptors (Lipinski definition) is 25. The van der Waals surface area contributed by atoms with Crippen LogP contribution in [0.1, 0.15) is 141 Å². The molecule has 0 aliphatic heterocycles. The van der Waals surface area contributed by atoms with Gasteiger partial charge in [0.15, 0.2) is 66.4 Å². The summed E-state index contributed by atoms with van der Waals surface area (Å²) in [6, 6.07) is 30.1. The summed E-state index contributed by atoms with van der Waals surface area (Å²) in [5, 5.41) is 46.3. The van der Waals surface area contributed by atoms with Crippen LogP contribution in [-0.4, -0.2) is 163 Å². The minimum Gasteiger partial charge on any atom is -1.00 e. The molecule has 0 aliphatic carbocycles. The van der Waals surface area contributed by atoms with Crippen LogP contribution in [0.4, 0.5) is 70.2 Å². The van der Waals surface area contributed by atoms with Crippen LogP contribution in [0.3, 0.4) is 0 Å². The summed E-state index contributed by atoms with van der Waals surface area (Å²) in [7, 11) is 1.93. The number of nitrogens with zero attached hydrogens (tertiary/aromatic N) is 13. The third kappa shape index (κ3) is 44.4. The normalized spacial score (nSPS) is 10.6. The average Bonchev–Trinajstić information content (AvgIpc) is 1.61. The Morgan fingerprint density at radius 1 is 0.556 bits per heavy atom. The second-order valence-electron chi connectivity index (χ2n) is 24.9. The number of alkyl halides is 17. The van der Waals surface area contributed by atoms with Gasteiger partial charge in [0, 0.05) is 106 Å². The molecule has 1 radical (unpaired) electrons. The summed E-state index contributed by atoms with van der Waals surface area (Å²) < 4.78 is 234. The Balaban J connectivity index is 0. The van der Waals surface area contributed by atoms with Crippen molar-refractivity contribution in [3.8, 4) is 28.8 Å². The van der Waals surface area contributed by atoms with E-state index in [1.165, 1.54) is 120 Å². The van der Waals surface area contributed by atoms with Gasteiger partial charge in [-0.1, -0.05) is 115 Å². The summed E-state index contributed by atoms with van der Waals surface area (Å²) in [4.78, 5) is 102. The van der Waals surface area contributed by atoms with Gasteiger partial charge in [0.05, 0.1) is 67.0 Å². The van der Waals surface area contributed by atoms with Crippen molar-refractivity contribution in [1.82, 2.24) is 63.5 Å². The molecule has 755 valence electrons. The van der Waals surface area contributed by atoms with Crippen LogP contribution in [-0.2, 0) is 84.5 Å². The van der Waals surface area contributed by atoms with Gasteiger partial charge in [-0.05, 0) is 185 Å². The molecule has 0 bridgehead atoms. The Morgan fingerprint density at radius 3 is 1.19 bits per heavy atom. The first-order chi connectivity index (χ1) is 66.1. The maximum absolute atomic E-state index is 13.7. The number of imidazole rings is 5. The van der Waals surface area contributed by atoms with Crippen molar-refractivity contribution in [1.29, 1.82) is 5.26 Å². The number of esters is 4. The van der Waals surface area contributed by atoms with Crippen LogP contribution < -0.4 is 113 Å². The fraction of sp³-hybridized carbons (Fsp3) is 0.237. The van der Waals surface area contributed by atoms with E-state index in [1.807, 2.05) is 16.0 Å². The zero-order valence-corrected chi connectivity index (χ0v) is 91.2. The number of nitrogens with one attached hydrogen (secondary N) is 2. The molecule has 0 aliphatic rings. The smallest absolute Gasteiger partial charge is 1.00 e. The second-order valence-corrected chi connectivity index (χ2v) is 30.5. The molecule has 142 heavy (non-hydrogen) atoms. The van der Waals surface area contributed by atoms with Gasteiger partial charge in [-0.3, -0.25) is 24.1 Å². The number of hydrogen-bond donors (Lipinski definition) is 6. The monoisotopic (exact) mass is 2430 g/mol. The van der Waals surface area contributed by atoms with E-state index in [2.05, 4.69) is 127 Å². The van der Waals surface area contributed by atoms with E-state index in [0.29, 0.717) is 47.8 Å². The number of carbonyl (C=O) groups excluding carboxylic acids is 5. The van der Waals surface area contributed by atoms with Gasteiger partial charge in [-0.2, -0.15) is 71.1 Å². The predicted molar refractivity (Wildman–Crippen MR) is 495 cm³/mol. The number of H-pyrrole nitrogens is 2. The molecule has 8 aromatic heterocycles. The maximum Gasteiger partial charge on any atom is 1.00 e. The Bertz CT molecular complexity index is 6120. The number of thiol groups is 1. The average molecular weight is 2440 g/mol. The fourth-order valence-corrected chi connectivity index (χ4v) is 13.3. The van der Waals surface area contributed by atoms with Crippen molar-refractivity contribution < 1.29 is 249 Å². The maximum atomic E-state index is 13.7. The summed E-state index contributed by atoms with van der Waals surface area (Å²) in [5.41, 5.74) is -7.30. The molecule has 0 saturated carbocycles. The summed E-state index contributed by atoms with van der Waals surface area (Å²) in [6.07, 6.45) is -14.6. The minimum absolute atomic E-state index is 0. The largest absolute Gasteiger partial charge is 1.00 e. The van der Waals surface area contributed by atoms with Gasteiger partial charge in [-0.25, -0.2) is 48.9 Å². The quantitative estimate of drug-likeness (QED) is 0.00475. The van der Waals surface area contributed by atoms with E-state index in [4.69, 9.17) is 129 Å². The minimum atomic E-state index is -4.95. The van der Waals surface area contributed by atoms with Crippen LogP contribution in [0.5, 0.6) is 0 Å². The van der Waals surface area contributed by atoms with Gasteiger partial charge in [0.25, 0.3) is 6.47 Å². The van der Waals surface area contributed by atoms with E-state index in [-0.39, 0.29) is 193 Å². The van der Waals surface area contributed by atoms with E-state index >= 15 is 0 Å². The molecule has 0 unspecified atom stereocenters. The number of pyridine rings is 3. The molecule has 62 heteroatoms. The van der Waals surface area contributed by atoms with E-state index in [0.717, 1.165) is 41.0 Å². The number of carboxylic acids is 1. The number of nitriles is 1. The van der Waals surface area contributed by atoms with Crippen LogP contribution in [0.15, 0.2) is 166 Å². The Labute approximate surface area is 955 Å². The summed E-state index contributed by atoms with van der Waals surface area (Å²) >= 11 is 59.8. The van der Waals surface area contributed by atoms with Gasteiger partial charge >= 0.3 is 195 Å². The standard InChI is InChI=1S/C19H14Cl2F3N3O2.C17H10Cl2F3N3O2.C14H10BrCl2F3N2O2.C7H5BrCl2.C7H6BrF3N2O2.C7H7F3N2O2.C5H6BNO2.C2H3N.CH3F.CH2O3.BHNS.2K.H/c1-2-29-18(28)15-16(19(22,23)24)26-17(11-4-3-7-25-9-11)27(15)10-12-8-13(20)5-6-14(12)21;18-11-3-4-12(19)10(6-11)8-25-13(16(26)27)14(17(20,21)22)24-15(25)9-2-1-5-23-7-9;1-2-24-12(23)10-11(14(18,19)20)21-13(15)22(10)6-7-5-8(16)3-4-9(7)17;8-4-5-3-6(9)1-2-7(5)10;1-2-15-5(14)3-4(7(9,10)11)13-6(8)12-3;1-2-14-6(13)4-5(7(8,9)10)12-3-11-4;8-6(9)5-2-1-3-7-4-5;1-2-3;1-2;2-1-4-3;1-2-3;;;/h3-9H,2,10H2,1H3;1-7H,8H2,(H,26,27);3-5H,2,6H2,1H3;1-3H,4H2;2H2,1H3,(H,12,13);3H,2H2,1H3,(H,11,12);1-4,8-9H;1H3;1H3;1,3H;3H;;;/q;;;;;;;;;;;2*+1;-1/p-1/i;;;;;;;;1D;;;;;. The van der Waals surface area contributed by atoms with Crippen molar-refractivity contribution >= 4 is 210 Å². The molecular weight excluding hydrogens is 2370 g/mol. The van der Waals surface area contributed by atoms with Crippen molar-refractivity contribution in [2.75, 3.05) is 33.6 Å². The molecule has 4 aromatic carbocycles. The van der Waals surface area contributed by atoms with E-state index in [1.54, 1.807) is 60.8 Å². The summed E-state index contributed by atoms with van der Waals surface area (Å²) in [6.45, 7) is 6.47. The first kappa shape index (κ1) is 133. The van der Waals surface area contributed by atoms with Crippen molar-refractivity contribution in [2.45, 2.75) is 90.5 Å². The molecule has 0 amide bonds. The number of carboxylic acid groups (broad SMARTS) is 1. The van der Waals surface area contributed by atoms with E-state index < -0.39 is 132 Å². The van der Waals surface area contributed by atoms with Crippen LogP contribution >= 0.6 is 153 Å². The SMILES string of the molecule is CC#N.CCOC(=O)c1c(C(F)(F)F)nc(-c2cccnc2)n1Cc1cc(Cl)ccc1Cl.CCOC(=O)c1c(C(F)(F)F)nc(Br)n1Cc1cc(Cl)ccc1Cl.CCOC(=O)c1nc(Br)[nH]c1C(F)(F)F.CCOC(=O)c1nc[nH]c1C(F)(F)F.Clc1ccc(Cl)c(CBr)c1.O=C(O)c1c(C(F)(F)F)nc(-c2cccnc2)n1Cc1cc(Cl)ccc1Cl.O=CO[O-].OB(O)c1cccnc1.[2H]CF.[B]=NS.[H-].[K+].[K+]. The Kier molecular flexibility index (Phi) is 62.5. The molecular formula is C80H67B2Br3Cl8F16K2N15O15S. The number of carbonyl (C=O) groups is 6. The molecule has 5 N–H and O–H groups in total. The van der Waals surface area contributed by atoms with E-state index in [9.17, 15) is 99.3 Å². The number of aromatic nitrogens is 13. The molecule has 0 atom stereocenters. The third-order valence-electron chi connectivity index (χ3n) is 15.6. The Hall–Kier alpha value is -7.24. The number of aromatic carboxylic acids is 1. The van der Waals surface area contributed by atoms with Gasteiger partial charge < -0.3 is 69.3 Å². The molecule has 12 aromatic rings. The van der Waals surface area contributed by atoms with Gasteiger partial charge in [-0.15, -0.1) is 0 Å². The van der Waals surface area contributed by atoms with Crippen molar-refractivity contribution in [3.63, 3.8) is 0 Å². The molecule has 0 fully saturated rings. The first-order valence-corrected chi connectivity index (χ1v) is 43.6. The number of aromatic amines is 2. The number of halogens is 27. The van der Waals surface area contributed by atoms with Gasteiger partial charge in [0.1, 0.15) is 11.6 Å². The fourth-order valence-electron chi connectivity index (χ4n) is 10.3. The van der Waals surface area contributed by atoms with Crippen LogP contribution in [0, 0.1) is 11.3 Å². The molecule has 0 saturated heterocycles. The molecule has 0 spiro atoms. The third-order valence-corrected chi connectivity index (χ3v) is 19.6. The van der Waals surface area contributed by atoms with Crippen LogP contribution in [0.25, 0.3) is 22.8 Å². The Morgan fingerprint density at radius 2 is 0.880 bits per heavy atom. The second kappa shape index (κ2) is 66.9. The number of rotatable bonds is 20.